The molecule has 1 fully saturated rings. The van der Waals surface area contributed by atoms with Gasteiger partial charge in [0.15, 0.2) is 5.12 Å². The average molecular weight is 337 g/mol. The van der Waals surface area contributed by atoms with E-state index >= 15 is 0 Å². The van der Waals surface area contributed by atoms with Crippen molar-refractivity contribution in [3.63, 3.8) is 0 Å². The van der Waals surface area contributed by atoms with E-state index in [0.29, 0.717) is 19.6 Å². The van der Waals surface area contributed by atoms with E-state index in [-0.39, 0.29) is 16.3 Å². The highest BCUT2D eigenvalue weighted by atomic mass is 32.2. The van der Waals surface area contributed by atoms with Crippen LogP contribution in [-0.2, 0) is 20.9 Å². The molecule has 1 aromatic heterocycles. The number of nitrogens with zero attached hydrogens (tertiary/aromatic N) is 2. The van der Waals surface area contributed by atoms with Crippen LogP contribution in [0.15, 0.2) is 17.8 Å². The molecular formula is C16H23N3O3S. The van der Waals surface area contributed by atoms with Crippen LogP contribution >= 0.6 is 11.8 Å². The SMILES string of the molecule is CCOC(=O)CCn1ccc(/C=C2\CNCC[C@H]2SC(C)=O)n1. The van der Waals surface area contributed by atoms with Gasteiger partial charge >= 0.3 is 5.97 Å². The summed E-state index contributed by atoms with van der Waals surface area (Å²) < 4.78 is 6.65. The second-order valence-corrected chi connectivity index (χ2v) is 6.72. The number of esters is 1. The van der Waals surface area contributed by atoms with Gasteiger partial charge in [-0.3, -0.25) is 14.3 Å². The van der Waals surface area contributed by atoms with Gasteiger partial charge in [0.1, 0.15) is 0 Å². The van der Waals surface area contributed by atoms with Gasteiger partial charge in [0.2, 0.25) is 0 Å². The zero-order valence-electron chi connectivity index (χ0n) is 13.6. The first kappa shape index (κ1) is 17.7. The van der Waals surface area contributed by atoms with Gasteiger partial charge in [0.25, 0.3) is 0 Å². The van der Waals surface area contributed by atoms with Crippen molar-refractivity contribution in [2.24, 2.45) is 0 Å². The highest BCUT2D eigenvalue weighted by Gasteiger charge is 2.21. The summed E-state index contributed by atoms with van der Waals surface area (Å²) in [7, 11) is 0. The number of piperidine rings is 1. The minimum absolute atomic E-state index is 0.141. The molecule has 0 unspecified atom stereocenters. The molecule has 2 rings (SSSR count). The fourth-order valence-corrected chi connectivity index (χ4v) is 3.39. The molecule has 126 valence electrons. The number of carbonyl (C=O) groups excluding carboxylic acids is 2. The summed E-state index contributed by atoms with van der Waals surface area (Å²) in [4.78, 5) is 22.7. The quantitative estimate of drug-likeness (QED) is 0.799. The molecule has 7 heteroatoms. The lowest BCUT2D eigenvalue weighted by Gasteiger charge is -2.24. The van der Waals surface area contributed by atoms with E-state index in [1.54, 1.807) is 18.5 Å². The first-order chi connectivity index (χ1) is 11.1. The second-order valence-electron chi connectivity index (χ2n) is 5.34. The summed E-state index contributed by atoms with van der Waals surface area (Å²) in [5.74, 6) is -0.211. The minimum Gasteiger partial charge on any atom is -0.466 e. The first-order valence-corrected chi connectivity index (χ1v) is 8.74. The molecule has 23 heavy (non-hydrogen) atoms. The van der Waals surface area contributed by atoms with Crippen molar-refractivity contribution < 1.29 is 14.3 Å². The van der Waals surface area contributed by atoms with E-state index in [9.17, 15) is 9.59 Å². The summed E-state index contributed by atoms with van der Waals surface area (Å²) in [6.45, 7) is 6.01. The predicted molar refractivity (Wildman–Crippen MR) is 91.0 cm³/mol. The molecule has 0 spiro atoms. The van der Waals surface area contributed by atoms with Crippen molar-refractivity contribution in [2.75, 3.05) is 19.7 Å². The van der Waals surface area contributed by atoms with Gasteiger partial charge in [-0.1, -0.05) is 11.8 Å². The summed E-state index contributed by atoms with van der Waals surface area (Å²) >= 11 is 1.39. The van der Waals surface area contributed by atoms with E-state index in [1.165, 1.54) is 17.3 Å². The number of aryl methyl sites for hydroxylation is 1. The molecule has 1 atom stereocenters. The van der Waals surface area contributed by atoms with Crippen molar-refractivity contribution in [3.8, 4) is 0 Å². The summed E-state index contributed by atoms with van der Waals surface area (Å²) in [5, 5.41) is 8.15. The van der Waals surface area contributed by atoms with Crippen LogP contribution in [-0.4, -0.2) is 45.8 Å². The molecule has 1 aliphatic heterocycles. The van der Waals surface area contributed by atoms with E-state index in [4.69, 9.17) is 4.74 Å². The molecule has 1 aliphatic rings. The molecule has 1 N–H and O–H groups in total. The van der Waals surface area contributed by atoms with Gasteiger partial charge in [-0.15, -0.1) is 0 Å². The predicted octanol–water partition coefficient (Wildman–Crippen LogP) is 1.86. The van der Waals surface area contributed by atoms with Crippen LogP contribution < -0.4 is 5.32 Å². The lowest BCUT2D eigenvalue weighted by atomic mass is 10.0. The van der Waals surface area contributed by atoms with E-state index < -0.39 is 0 Å². The Morgan fingerprint density at radius 2 is 2.39 bits per heavy atom. The minimum atomic E-state index is -0.211. The Bertz CT molecular complexity index is 583. The molecule has 0 saturated carbocycles. The van der Waals surface area contributed by atoms with Crippen LogP contribution in [0.2, 0.25) is 0 Å². The van der Waals surface area contributed by atoms with E-state index in [2.05, 4.69) is 10.4 Å². The number of hydrogen-bond donors (Lipinski definition) is 1. The molecule has 0 aromatic carbocycles. The summed E-state index contributed by atoms with van der Waals surface area (Å²) in [5.41, 5.74) is 2.04. The second kappa shape index (κ2) is 8.88. The van der Waals surface area contributed by atoms with Gasteiger partial charge in [-0.25, -0.2) is 0 Å². The van der Waals surface area contributed by atoms with Crippen LogP contribution in [0.5, 0.6) is 0 Å². The molecular weight excluding hydrogens is 314 g/mol. The van der Waals surface area contributed by atoms with Crippen LogP contribution in [0, 0.1) is 0 Å². The zero-order chi connectivity index (χ0) is 16.7. The van der Waals surface area contributed by atoms with E-state index in [0.717, 1.165) is 25.2 Å². The van der Waals surface area contributed by atoms with Crippen LogP contribution in [0.3, 0.4) is 0 Å². The fraction of sp³-hybridized carbons (Fsp3) is 0.562. The Balaban J connectivity index is 1.98. The highest BCUT2D eigenvalue weighted by molar-refractivity contribution is 8.14. The Kier molecular flexibility index (Phi) is 6.85. The lowest BCUT2D eigenvalue weighted by molar-refractivity contribution is -0.143. The Hall–Kier alpha value is -1.60. The van der Waals surface area contributed by atoms with Gasteiger partial charge in [0.05, 0.1) is 25.3 Å². The van der Waals surface area contributed by atoms with Crippen LogP contribution in [0.25, 0.3) is 6.08 Å². The number of hydrogen-bond acceptors (Lipinski definition) is 6. The van der Waals surface area contributed by atoms with Crippen molar-refractivity contribution >= 4 is 28.9 Å². The van der Waals surface area contributed by atoms with Crippen molar-refractivity contribution in [1.29, 1.82) is 0 Å². The monoisotopic (exact) mass is 337 g/mol. The normalized spacial score (nSPS) is 19.7. The highest BCUT2D eigenvalue weighted by Crippen LogP contribution is 2.26. The molecule has 0 bridgehead atoms. The van der Waals surface area contributed by atoms with E-state index in [1.807, 2.05) is 18.3 Å². The van der Waals surface area contributed by atoms with Gasteiger partial charge in [0, 0.05) is 24.9 Å². The largest absolute Gasteiger partial charge is 0.466 e. The Labute approximate surface area is 140 Å². The molecule has 6 nitrogen and oxygen atoms in total. The first-order valence-electron chi connectivity index (χ1n) is 7.86. The lowest BCUT2D eigenvalue weighted by Crippen LogP contribution is -2.32. The third-order valence-corrected chi connectivity index (χ3v) is 4.63. The molecule has 0 aliphatic carbocycles. The zero-order valence-corrected chi connectivity index (χ0v) is 14.4. The van der Waals surface area contributed by atoms with Gasteiger partial charge in [-0.2, -0.15) is 5.10 Å². The Morgan fingerprint density at radius 3 is 3.13 bits per heavy atom. The molecule has 1 aromatic rings. The maximum absolute atomic E-state index is 11.4. The number of thioether (sulfide) groups is 1. The number of nitrogens with one attached hydrogen (secondary N) is 1. The van der Waals surface area contributed by atoms with Crippen molar-refractivity contribution in [1.82, 2.24) is 15.1 Å². The molecule has 0 radical (unpaired) electrons. The van der Waals surface area contributed by atoms with Gasteiger partial charge in [-0.05, 0) is 37.6 Å². The van der Waals surface area contributed by atoms with Crippen LogP contribution in [0.1, 0.15) is 32.4 Å². The maximum Gasteiger partial charge on any atom is 0.307 e. The van der Waals surface area contributed by atoms with Gasteiger partial charge < -0.3 is 10.1 Å². The smallest absolute Gasteiger partial charge is 0.307 e. The number of rotatable bonds is 6. The summed E-state index contributed by atoms with van der Waals surface area (Å²) in [6.07, 6.45) is 5.15. The third kappa shape index (κ3) is 5.84. The topological polar surface area (TPSA) is 73.2 Å². The van der Waals surface area contributed by atoms with Crippen LogP contribution in [0.4, 0.5) is 0 Å². The number of ether oxygens (including phenoxy) is 1. The standard InChI is InChI=1S/C16H23N3O3S/c1-3-22-16(21)6-9-19-8-5-14(18-19)10-13-11-17-7-4-15(13)23-12(2)20/h5,8,10,15,17H,3-4,6-7,9,11H2,1-2H3/b13-10+/t15-/m1/s1. The third-order valence-electron chi connectivity index (χ3n) is 3.48. The maximum atomic E-state index is 11.4. The average Bonchev–Trinajstić information content (AvgIpc) is 2.95. The fourth-order valence-electron chi connectivity index (χ4n) is 2.45. The van der Waals surface area contributed by atoms with Crippen molar-refractivity contribution in [2.45, 2.75) is 38.5 Å². The summed E-state index contributed by atoms with van der Waals surface area (Å²) in [6, 6.07) is 1.92. The molecule has 2 heterocycles. The molecule has 0 amide bonds. The molecule has 1 saturated heterocycles. The Morgan fingerprint density at radius 1 is 1.57 bits per heavy atom. The number of carbonyl (C=O) groups is 2. The van der Waals surface area contributed by atoms with Crippen molar-refractivity contribution in [3.05, 3.63) is 23.5 Å². The number of aromatic nitrogens is 2.